The van der Waals surface area contributed by atoms with E-state index in [2.05, 4.69) is 10.3 Å². The minimum absolute atomic E-state index is 0.0540. The lowest BCUT2D eigenvalue weighted by Crippen LogP contribution is -2.07. The first-order valence-corrected chi connectivity index (χ1v) is 8.75. The molecule has 3 aromatic rings. The zero-order valence-electron chi connectivity index (χ0n) is 12.3. The van der Waals surface area contributed by atoms with Crippen molar-refractivity contribution in [3.05, 3.63) is 54.1 Å². The van der Waals surface area contributed by atoms with E-state index >= 15 is 0 Å². The van der Waals surface area contributed by atoms with Gasteiger partial charge in [-0.25, -0.2) is 8.42 Å². The van der Waals surface area contributed by atoms with E-state index in [1.54, 1.807) is 24.3 Å². The van der Waals surface area contributed by atoms with Gasteiger partial charge in [-0.2, -0.15) is 4.98 Å². The highest BCUT2D eigenvalue weighted by atomic mass is 32.2. The van der Waals surface area contributed by atoms with Crippen LogP contribution in [0.4, 0.5) is 6.01 Å². The molecule has 5 nitrogen and oxygen atoms in total. The number of rotatable bonds is 4. The summed E-state index contributed by atoms with van der Waals surface area (Å²) in [6.45, 7) is 1.96. The van der Waals surface area contributed by atoms with Gasteiger partial charge < -0.3 is 9.73 Å². The van der Waals surface area contributed by atoms with Crippen LogP contribution >= 0.6 is 0 Å². The molecule has 1 atom stereocenters. The number of nitrogens with zero attached hydrogens (tertiary/aromatic N) is 1. The van der Waals surface area contributed by atoms with Crippen molar-refractivity contribution in [2.75, 3.05) is 11.6 Å². The van der Waals surface area contributed by atoms with E-state index in [0.717, 1.165) is 16.7 Å². The smallest absolute Gasteiger partial charge is 0.296 e. The van der Waals surface area contributed by atoms with Crippen molar-refractivity contribution >= 4 is 27.0 Å². The van der Waals surface area contributed by atoms with Gasteiger partial charge in [0.05, 0.1) is 10.9 Å². The maximum absolute atomic E-state index is 11.5. The lowest BCUT2D eigenvalue weighted by atomic mass is 10.1. The first kappa shape index (κ1) is 14.6. The van der Waals surface area contributed by atoms with Crippen molar-refractivity contribution in [3.63, 3.8) is 0 Å². The fourth-order valence-corrected chi connectivity index (χ4v) is 2.84. The van der Waals surface area contributed by atoms with Crippen LogP contribution in [0.15, 0.2) is 57.8 Å². The molecule has 1 heterocycles. The Kier molecular flexibility index (Phi) is 3.62. The standard InChI is InChI=1S/C16H16N2O3S/c1-11(12-7-9-13(10-8-12)22(2,19)20)17-16-18-14-5-3-4-6-15(14)21-16/h3-11H,1-2H3,(H,17,18)/t11-/m0/s1. The largest absolute Gasteiger partial charge is 0.424 e. The summed E-state index contributed by atoms with van der Waals surface area (Å²) in [5.41, 5.74) is 2.48. The van der Waals surface area contributed by atoms with Crippen LogP contribution in [0.1, 0.15) is 18.5 Å². The number of hydrogen-bond donors (Lipinski definition) is 1. The highest BCUT2D eigenvalue weighted by molar-refractivity contribution is 7.90. The topological polar surface area (TPSA) is 72.2 Å². The Bertz CT molecular complexity index is 866. The predicted molar refractivity (Wildman–Crippen MR) is 85.6 cm³/mol. The molecule has 6 heteroatoms. The molecule has 0 bridgehead atoms. The van der Waals surface area contributed by atoms with Crippen LogP contribution < -0.4 is 5.32 Å². The van der Waals surface area contributed by atoms with Crippen molar-refractivity contribution in [3.8, 4) is 0 Å². The molecule has 0 aliphatic rings. The summed E-state index contributed by atoms with van der Waals surface area (Å²) < 4.78 is 28.5. The Morgan fingerprint density at radius 3 is 2.41 bits per heavy atom. The van der Waals surface area contributed by atoms with Crippen molar-refractivity contribution < 1.29 is 12.8 Å². The minimum Gasteiger partial charge on any atom is -0.424 e. The predicted octanol–water partition coefficient (Wildman–Crippen LogP) is 3.40. The second-order valence-corrected chi connectivity index (χ2v) is 7.21. The fourth-order valence-electron chi connectivity index (χ4n) is 2.21. The van der Waals surface area contributed by atoms with E-state index < -0.39 is 9.84 Å². The van der Waals surface area contributed by atoms with E-state index in [9.17, 15) is 8.42 Å². The number of benzene rings is 2. The summed E-state index contributed by atoms with van der Waals surface area (Å²) in [7, 11) is -3.17. The third-order valence-corrected chi connectivity index (χ3v) is 4.57. The third kappa shape index (κ3) is 2.96. The molecule has 22 heavy (non-hydrogen) atoms. The zero-order valence-corrected chi connectivity index (χ0v) is 13.1. The van der Waals surface area contributed by atoms with Gasteiger partial charge in [0.15, 0.2) is 15.4 Å². The number of hydrogen-bond acceptors (Lipinski definition) is 5. The van der Waals surface area contributed by atoms with Crippen molar-refractivity contribution in [2.45, 2.75) is 17.9 Å². The third-order valence-electron chi connectivity index (χ3n) is 3.44. The van der Waals surface area contributed by atoms with E-state index in [0.29, 0.717) is 10.9 Å². The average molecular weight is 316 g/mol. The molecular weight excluding hydrogens is 300 g/mol. The molecule has 0 spiro atoms. The molecular formula is C16H16N2O3S. The van der Waals surface area contributed by atoms with E-state index in [1.165, 1.54) is 6.26 Å². The molecule has 0 aliphatic carbocycles. The van der Waals surface area contributed by atoms with Gasteiger partial charge in [0, 0.05) is 6.26 Å². The number of para-hydroxylation sites is 2. The van der Waals surface area contributed by atoms with Gasteiger partial charge in [0.2, 0.25) is 0 Å². The minimum atomic E-state index is -3.17. The van der Waals surface area contributed by atoms with Gasteiger partial charge in [-0.05, 0) is 36.8 Å². The number of fused-ring (bicyclic) bond motifs is 1. The van der Waals surface area contributed by atoms with Gasteiger partial charge in [-0.15, -0.1) is 0 Å². The molecule has 0 fully saturated rings. The SMILES string of the molecule is C[C@H](Nc1nc2ccccc2o1)c1ccc(S(C)(=O)=O)cc1. The summed E-state index contributed by atoms with van der Waals surface area (Å²) in [5.74, 6) is 0. The van der Waals surface area contributed by atoms with Crippen LogP contribution in [0.5, 0.6) is 0 Å². The van der Waals surface area contributed by atoms with Crippen molar-refractivity contribution in [2.24, 2.45) is 0 Å². The molecule has 114 valence electrons. The molecule has 0 radical (unpaired) electrons. The van der Waals surface area contributed by atoms with Gasteiger partial charge in [0.25, 0.3) is 6.01 Å². The molecule has 1 N–H and O–H groups in total. The molecule has 0 aliphatic heterocycles. The van der Waals surface area contributed by atoms with Crippen LogP contribution in [0.25, 0.3) is 11.1 Å². The monoisotopic (exact) mass is 316 g/mol. The molecule has 0 unspecified atom stereocenters. The Morgan fingerprint density at radius 1 is 1.09 bits per heavy atom. The lowest BCUT2D eigenvalue weighted by Gasteiger charge is -2.12. The first-order chi connectivity index (χ1) is 10.4. The van der Waals surface area contributed by atoms with Gasteiger partial charge >= 0.3 is 0 Å². The molecule has 2 aromatic carbocycles. The summed E-state index contributed by atoms with van der Waals surface area (Å²) in [4.78, 5) is 4.67. The Morgan fingerprint density at radius 2 is 1.77 bits per heavy atom. The number of aromatic nitrogens is 1. The van der Waals surface area contributed by atoms with Gasteiger partial charge in [-0.3, -0.25) is 0 Å². The lowest BCUT2D eigenvalue weighted by molar-refractivity contribution is 0.600. The molecule has 0 saturated carbocycles. The molecule has 1 aromatic heterocycles. The summed E-state index contributed by atoms with van der Waals surface area (Å²) in [5, 5.41) is 3.18. The molecule has 3 rings (SSSR count). The van der Waals surface area contributed by atoms with Crippen LogP contribution in [0.2, 0.25) is 0 Å². The maximum atomic E-state index is 11.5. The number of oxazole rings is 1. The summed E-state index contributed by atoms with van der Waals surface area (Å²) in [6.07, 6.45) is 1.20. The highest BCUT2D eigenvalue weighted by Crippen LogP contribution is 2.23. The fraction of sp³-hybridized carbons (Fsp3) is 0.188. The summed E-state index contributed by atoms with van der Waals surface area (Å²) >= 11 is 0. The highest BCUT2D eigenvalue weighted by Gasteiger charge is 2.12. The normalized spacial score (nSPS) is 13.2. The second kappa shape index (κ2) is 5.46. The van der Waals surface area contributed by atoms with Crippen LogP contribution in [0, 0.1) is 0 Å². The quantitative estimate of drug-likeness (QED) is 0.798. The zero-order chi connectivity index (χ0) is 15.7. The van der Waals surface area contributed by atoms with E-state index in [1.807, 2.05) is 31.2 Å². The number of nitrogens with one attached hydrogen (secondary N) is 1. The van der Waals surface area contributed by atoms with Gasteiger partial charge in [0.1, 0.15) is 5.52 Å². The summed E-state index contributed by atoms with van der Waals surface area (Å²) in [6, 6.07) is 14.7. The van der Waals surface area contributed by atoms with Crippen LogP contribution in [-0.4, -0.2) is 19.7 Å². The number of sulfone groups is 1. The van der Waals surface area contributed by atoms with Crippen molar-refractivity contribution in [1.29, 1.82) is 0 Å². The van der Waals surface area contributed by atoms with E-state index in [-0.39, 0.29) is 6.04 Å². The average Bonchev–Trinajstić information content (AvgIpc) is 2.88. The second-order valence-electron chi connectivity index (χ2n) is 5.19. The van der Waals surface area contributed by atoms with E-state index in [4.69, 9.17) is 4.42 Å². The molecule has 0 saturated heterocycles. The number of anilines is 1. The Balaban J connectivity index is 1.80. The van der Waals surface area contributed by atoms with Gasteiger partial charge in [-0.1, -0.05) is 24.3 Å². The maximum Gasteiger partial charge on any atom is 0.296 e. The molecule has 0 amide bonds. The Hall–Kier alpha value is -2.34. The van der Waals surface area contributed by atoms with Crippen LogP contribution in [-0.2, 0) is 9.84 Å². The first-order valence-electron chi connectivity index (χ1n) is 6.85. The Labute approximate surface area is 128 Å². The van der Waals surface area contributed by atoms with Crippen LogP contribution in [0.3, 0.4) is 0 Å². The van der Waals surface area contributed by atoms with Crippen molar-refractivity contribution in [1.82, 2.24) is 4.98 Å².